The molecule has 2 atom stereocenters. The second-order valence-electron chi connectivity index (χ2n) is 9.52. The van der Waals surface area contributed by atoms with Gasteiger partial charge in [-0.25, -0.2) is 9.31 Å². The molecule has 0 radical (unpaired) electrons. The molecule has 1 aliphatic rings. The highest BCUT2D eigenvalue weighted by molar-refractivity contribution is 5.89. The summed E-state index contributed by atoms with van der Waals surface area (Å²) >= 11 is 0. The van der Waals surface area contributed by atoms with E-state index in [1.807, 2.05) is 44.1 Å². The molecule has 0 saturated heterocycles. The summed E-state index contributed by atoms with van der Waals surface area (Å²) in [6, 6.07) is 8.81. The Morgan fingerprint density at radius 1 is 1.14 bits per heavy atom. The first kappa shape index (κ1) is 25.8. The highest BCUT2D eigenvalue weighted by Gasteiger charge is 2.30. The molecule has 1 aliphatic carbocycles. The molecular formula is C27H35N3O6. The number of hydrogen-bond acceptors (Lipinski definition) is 7. The number of hydrogen-bond donors (Lipinski definition) is 2. The summed E-state index contributed by atoms with van der Waals surface area (Å²) in [7, 11) is 6.97. The van der Waals surface area contributed by atoms with Crippen molar-refractivity contribution in [2.24, 2.45) is 0 Å². The summed E-state index contributed by atoms with van der Waals surface area (Å²) in [4.78, 5) is 13.8. The summed E-state index contributed by atoms with van der Waals surface area (Å²) < 4.78 is 18.9. The Morgan fingerprint density at radius 2 is 1.78 bits per heavy atom. The van der Waals surface area contributed by atoms with Gasteiger partial charge in [-0.05, 0) is 55.7 Å². The molecule has 9 heteroatoms. The van der Waals surface area contributed by atoms with Crippen LogP contribution in [-0.2, 0) is 11.2 Å². The molecule has 0 aliphatic heterocycles. The van der Waals surface area contributed by atoms with E-state index in [1.54, 1.807) is 26.4 Å². The monoisotopic (exact) mass is 497 g/mol. The molecule has 1 fully saturated rings. The van der Waals surface area contributed by atoms with Crippen LogP contribution >= 0.6 is 0 Å². The second kappa shape index (κ2) is 10.8. The van der Waals surface area contributed by atoms with Crippen LogP contribution in [-0.4, -0.2) is 66.3 Å². The summed E-state index contributed by atoms with van der Waals surface area (Å²) in [5.74, 6) is 0.188. The van der Waals surface area contributed by atoms with E-state index in [-0.39, 0.29) is 11.8 Å². The van der Waals surface area contributed by atoms with Gasteiger partial charge in [0.1, 0.15) is 17.6 Å². The Kier molecular flexibility index (Phi) is 7.70. The van der Waals surface area contributed by atoms with Crippen LogP contribution < -0.4 is 14.4 Å². The third kappa shape index (κ3) is 5.12. The number of benzene rings is 1. The molecular weight excluding hydrogens is 462 g/mol. The van der Waals surface area contributed by atoms with Crippen molar-refractivity contribution in [2.45, 2.75) is 57.3 Å². The van der Waals surface area contributed by atoms with E-state index >= 15 is 0 Å². The molecule has 2 N–H and O–H groups in total. The number of pyridine rings is 1. The van der Waals surface area contributed by atoms with Crippen molar-refractivity contribution >= 4 is 17.2 Å². The van der Waals surface area contributed by atoms with E-state index in [9.17, 15) is 15.0 Å². The lowest BCUT2D eigenvalue weighted by molar-refractivity contribution is -0.0757. The smallest absolute Gasteiger partial charge is 0.354 e. The molecule has 194 valence electrons. The van der Waals surface area contributed by atoms with Gasteiger partial charge in [0.25, 0.3) is 0 Å². The van der Waals surface area contributed by atoms with Gasteiger partial charge in [-0.1, -0.05) is 12.8 Å². The number of carboxylic acid groups (broad SMARTS) is 1. The summed E-state index contributed by atoms with van der Waals surface area (Å²) in [5.41, 5.74) is 3.72. The van der Waals surface area contributed by atoms with E-state index in [4.69, 9.17) is 14.2 Å². The largest absolute Gasteiger partial charge is 0.496 e. The maximum absolute atomic E-state index is 11.8. The molecule has 0 amide bonds. The summed E-state index contributed by atoms with van der Waals surface area (Å²) in [5, 5.41) is 25.8. The number of aliphatic hydroxyl groups is 1. The average Bonchev–Trinajstić information content (AvgIpc) is 3.52. The van der Waals surface area contributed by atoms with Crippen LogP contribution in [0.25, 0.3) is 5.52 Å². The van der Waals surface area contributed by atoms with Gasteiger partial charge in [0.05, 0.1) is 43.3 Å². The minimum Gasteiger partial charge on any atom is -0.496 e. The Bertz CT molecular complexity index is 1210. The number of carbonyl (C=O) groups is 1. The van der Waals surface area contributed by atoms with Crippen LogP contribution in [0.1, 0.15) is 59.1 Å². The molecule has 0 bridgehead atoms. The van der Waals surface area contributed by atoms with Crippen LogP contribution in [0.4, 0.5) is 5.69 Å². The number of carboxylic acids is 1. The number of methoxy groups -OCH3 is 2. The maximum Gasteiger partial charge on any atom is 0.354 e. The number of anilines is 1. The lowest BCUT2D eigenvalue weighted by Crippen LogP contribution is -2.29. The Morgan fingerprint density at radius 3 is 2.33 bits per heavy atom. The Hall–Kier alpha value is -3.30. The molecule has 1 aromatic carbocycles. The number of aliphatic hydroxyl groups excluding tert-OH is 1. The van der Waals surface area contributed by atoms with Crippen molar-refractivity contribution in [2.75, 3.05) is 33.2 Å². The lowest BCUT2D eigenvalue weighted by Gasteiger charge is -2.27. The van der Waals surface area contributed by atoms with Crippen molar-refractivity contribution in [3.63, 3.8) is 0 Å². The molecule has 36 heavy (non-hydrogen) atoms. The molecule has 4 rings (SSSR count). The Balaban J connectivity index is 1.73. The van der Waals surface area contributed by atoms with E-state index in [2.05, 4.69) is 5.10 Å². The first-order chi connectivity index (χ1) is 17.2. The highest BCUT2D eigenvalue weighted by Crippen LogP contribution is 2.36. The Labute approximate surface area is 211 Å². The van der Waals surface area contributed by atoms with Crippen molar-refractivity contribution in [3.8, 4) is 11.5 Å². The van der Waals surface area contributed by atoms with E-state index < -0.39 is 18.2 Å². The van der Waals surface area contributed by atoms with Gasteiger partial charge in [-0.2, -0.15) is 5.10 Å². The fourth-order valence-electron chi connectivity index (χ4n) is 4.95. The molecule has 9 nitrogen and oxygen atoms in total. The molecule has 3 aromatic rings. The van der Waals surface area contributed by atoms with Gasteiger partial charge < -0.3 is 29.3 Å². The van der Waals surface area contributed by atoms with Crippen LogP contribution in [0, 0.1) is 6.92 Å². The standard InChI is InChI=1S/C27H35N3O6/c1-16-23(34-4)12-17(13-24(16)35-5)26(31)25(36-19-8-6-7-9-19)15-18-14-22-20(29(2)3)10-11-21(27(32)33)30(22)28-18/h10-14,19,25-26,31H,6-9,15H2,1-5H3,(H,32,33)/t25-,26+/m0/s1. The number of nitrogens with zero attached hydrogens (tertiary/aromatic N) is 3. The SMILES string of the molecule is COc1cc([C@@H](O)[C@H](Cc2cc3c(N(C)C)ccc(C(=O)O)n3n2)OC2CCCC2)cc(OC)c1C. The third-order valence-corrected chi connectivity index (χ3v) is 6.90. The normalized spacial score (nSPS) is 15.7. The lowest BCUT2D eigenvalue weighted by atomic mass is 9.98. The van der Waals surface area contributed by atoms with Crippen LogP contribution in [0.5, 0.6) is 11.5 Å². The summed E-state index contributed by atoms with van der Waals surface area (Å²) in [6.45, 7) is 1.90. The van der Waals surface area contributed by atoms with Crippen molar-refractivity contribution in [1.82, 2.24) is 9.61 Å². The number of rotatable bonds is 10. The van der Waals surface area contributed by atoms with Gasteiger partial charge in [-0.3, -0.25) is 0 Å². The van der Waals surface area contributed by atoms with E-state index in [0.29, 0.717) is 34.7 Å². The predicted octanol–water partition coefficient (Wildman–Crippen LogP) is 4.03. The number of fused-ring (bicyclic) bond motifs is 1. The van der Waals surface area contributed by atoms with Gasteiger partial charge in [0.2, 0.25) is 0 Å². The van der Waals surface area contributed by atoms with Crippen molar-refractivity contribution in [1.29, 1.82) is 0 Å². The highest BCUT2D eigenvalue weighted by atomic mass is 16.5. The predicted molar refractivity (Wildman–Crippen MR) is 137 cm³/mol. The third-order valence-electron chi connectivity index (χ3n) is 6.90. The van der Waals surface area contributed by atoms with Crippen LogP contribution in [0.2, 0.25) is 0 Å². The molecule has 1 saturated carbocycles. The first-order valence-corrected chi connectivity index (χ1v) is 12.2. The fraction of sp³-hybridized carbons (Fsp3) is 0.481. The van der Waals surface area contributed by atoms with Gasteiger partial charge in [0, 0.05) is 26.1 Å². The molecule has 2 heterocycles. The number of aromatic carboxylic acids is 1. The van der Waals surface area contributed by atoms with E-state index in [1.165, 1.54) is 4.52 Å². The minimum absolute atomic E-state index is 0.0582. The molecule has 0 unspecified atom stereocenters. The van der Waals surface area contributed by atoms with Gasteiger partial charge >= 0.3 is 5.97 Å². The number of aromatic nitrogens is 2. The van der Waals surface area contributed by atoms with Crippen molar-refractivity contribution < 1.29 is 29.2 Å². The van der Waals surface area contributed by atoms with E-state index in [0.717, 1.165) is 36.9 Å². The quantitative estimate of drug-likeness (QED) is 0.433. The van der Waals surface area contributed by atoms with Crippen molar-refractivity contribution in [3.05, 3.63) is 52.8 Å². The number of ether oxygens (including phenoxy) is 3. The minimum atomic E-state index is -1.06. The topological polar surface area (TPSA) is 106 Å². The molecule has 2 aromatic heterocycles. The van der Waals surface area contributed by atoms with Gasteiger partial charge in [0.15, 0.2) is 5.69 Å². The van der Waals surface area contributed by atoms with Crippen LogP contribution in [0.15, 0.2) is 30.3 Å². The maximum atomic E-state index is 11.8. The zero-order valence-electron chi connectivity index (χ0n) is 21.5. The zero-order valence-corrected chi connectivity index (χ0v) is 21.5. The molecule has 0 spiro atoms. The summed E-state index contributed by atoms with van der Waals surface area (Å²) in [6.07, 6.45) is 2.90. The second-order valence-corrected chi connectivity index (χ2v) is 9.52. The van der Waals surface area contributed by atoms with Crippen LogP contribution in [0.3, 0.4) is 0 Å². The van der Waals surface area contributed by atoms with Gasteiger partial charge in [-0.15, -0.1) is 0 Å². The fourth-order valence-corrected chi connectivity index (χ4v) is 4.95. The zero-order chi connectivity index (χ0) is 26.0. The first-order valence-electron chi connectivity index (χ1n) is 12.2. The average molecular weight is 498 g/mol.